The van der Waals surface area contributed by atoms with Crippen molar-refractivity contribution in [2.24, 2.45) is 0 Å². The highest BCUT2D eigenvalue weighted by Gasteiger charge is 2.13. The molecule has 4 rings (SSSR count). The number of aromatic amines is 1. The van der Waals surface area contributed by atoms with Crippen molar-refractivity contribution in [3.63, 3.8) is 0 Å². The van der Waals surface area contributed by atoms with E-state index in [0.29, 0.717) is 15.6 Å². The van der Waals surface area contributed by atoms with E-state index < -0.39 is 0 Å². The predicted octanol–water partition coefficient (Wildman–Crippen LogP) is 3.03. The number of para-hydroxylation sites is 1. The quantitative estimate of drug-likeness (QED) is 0.617. The van der Waals surface area contributed by atoms with Gasteiger partial charge in [0.1, 0.15) is 9.88 Å². The van der Waals surface area contributed by atoms with Gasteiger partial charge < -0.3 is 4.98 Å². The van der Waals surface area contributed by atoms with E-state index in [-0.39, 0.29) is 11.1 Å². The first kappa shape index (κ1) is 14.0. The molecule has 0 bridgehead atoms. The summed E-state index contributed by atoms with van der Waals surface area (Å²) in [5.41, 5.74) is 2.08. The second kappa shape index (κ2) is 5.21. The molecule has 2 heterocycles. The van der Waals surface area contributed by atoms with Gasteiger partial charge in [-0.25, -0.2) is 4.57 Å². The number of rotatable bonds is 2. The highest BCUT2D eigenvalue weighted by molar-refractivity contribution is 7.16. The first-order valence-corrected chi connectivity index (χ1v) is 8.26. The minimum absolute atomic E-state index is 0.263. The van der Waals surface area contributed by atoms with Gasteiger partial charge in [0, 0.05) is 0 Å². The molecule has 0 amide bonds. The molecule has 114 valence electrons. The Hall–Kier alpha value is -2.66. The van der Waals surface area contributed by atoms with E-state index in [0.717, 1.165) is 16.6 Å². The number of aromatic nitrogens is 2. The van der Waals surface area contributed by atoms with E-state index in [1.807, 2.05) is 48.5 Å². The van der Waals surface area contributed by atoms with Crippen LogP contribution in [-0.2, 0) is 6.42 Å². The van der Waals surface area contributed by atoms with Crippen LogP contribution in [0.25, 0.3) is 15.9 Å². The highest BCUT2D eigenvalue weighted by atomic mass is 32.1. The zero-order chi connectivity index (χ0) is 16.0. The van der Waals surface area contributed by atoms with Crippen molar-refractivity contribution in [2.75, 3.05) is 0 Å². The van der Waals surface area contributed by atoms with Gasteiger partial charge in [0.05, 0.1) is 15.9 Å². The number of hydrogen-bond donors (Lipinski definition) is 1. The van der Waals surface area contributed by atoms with Crippen molar-refractivity contribution in [3.05, 3.63) is 84.7 Å². The normalized spacial score (nSPS) is 11.3. The van der Waals surface area contributed by atoms with Gasteiger partial charge in [-0.3, -0.25) is 9.59 Å². The van der Waals surface area contributed by atoms with Crippen molar-refractivity contribution >= 4 is 21.6 Å². The molecule has 2 aliphatic heterocycles. The summed E-state index contributed by atoms with van der Waals surface area (Å²) >= 11 is 1.35. The van der Waals surface area contributed by atoms with Gasteiger partial charge in [0.15, 0.2) is 0 Å². The third-order valence-corrected chi connectivity index (χ3v) is 5.16. The second-order valence-corrected chi connectivity index (χ2v) is 6.45. The average Bonchev–Trinajstić information content (AvgIpc) is 2.84. The number of H-pyrrole nitrogens is 1. The molecule has 0 radical (unpaired) electrons. The Morgan fingerprint density at radius 1 is 1.00 bits per heavy atom. The molecule has 1 N–H and O–H groups in total. The number of hydrogen-bond acceptors (Lipinski definition) is 3. The lowest BCUT2D eigenvalue weighted by Crippen LogP contribution is -2.24. The first-order chi connectivity index (χ1) is 11.2. The van der Waals surface area contributed by atoms with Crippen molar-refractivity contribution in [2.45, 2.75) is 13.3 Å². The minimum Gasteiger partial charge on any atom is -0.349 e. The summed E-state index contributed by atoms with van der Waals surface area (Å²) in [7, 11) is 0. The van der Waals surface area contributed by atoms with Crippen LogP contribution in [0.3, 0.4) is 0 Å². The third-order valence-electron chi connectivity index (χ3n) is 4.00. The number of fused-ring (bicyclic) bond motifs is 1. The van der Waals surface area contributed by atoms with Crippen molar-refractivity contribution in [3.8, 4) is 5.69 Å². The minimum atomic E-state index is -0.295. The summed E-state index contributed by atoms with van der Waals surface area (Å²) in [6.45, 7) is 2.07. The van der Waals surface area contributed by atoms with E-state index in [4.69, 9.17) is 0 Å². The Morgan fingerprint density at radius 2 is 1.74 bits per heavy atom. The summed E-state index contributed by atoms with van der Waals surface area (Å²) < 4.78 is 2.67. The van der Waals surface area contributed by atoms with E-state index in [9.17, 15) is 9.59 Å². The lowest BCUT2D eigenvalue weighted by Gasteiger charge is -2.01. The smallest absolute Gasteiger partial charge is 0.283 e. The summed E-state index contributed by atoms with van der Waals surface area (Å²) in [5, 5.41) is 0.373. The van der Waals surface area contributed by atoms with Gasteiger partial charge in [-0.1, -0.05) is 31.2 Å². The molecule has 4 nitrogen and oxygen atoms in total. The lowest BCUT2D eigenvalue weighted by atomic mass is 10.1. The molecule has 0 saturated carbocycles. The molecule has 0 spiro atoms. The maximum absolute atomic E-state index is 12.7. The molecule has 2 aromatic carbocycles. The summed E-state index contributed by atoms with van der Waals surface area (Å²) in [5.74, 6) is 0. The van der Waals surface area contributed by atoms with Crippen LogP contribution in [0, 0.1) is 9.88 Å². The fourth-order valence-electron chi connectivity index (χ4n) is 2.73. The van der Waals surface area contributed by atoms with Crippen LogP contribution in [0.4, 0.5) is 0 Å². The Balaban J connectivity index is 2.07. The molecule has 0 saturated heterocycles. The second-order valence-electron chi connectivity index (χ2n) is 5.39. The molecule has 0 aromatic heterocycles. The summed E-state index contributed by atoms with van der Waals surface area (Å²) in [6, 6.07) is 15.2. The number of benzene rings is 2. The SMILES string of the molecule is CCc1ccc(-n2c(=O)c3[nH]c4ccccc4sc=3c2=O)cc1. The fourth-order valence-corrected chi connectivity index (χ4v) is 3.75. The van der Waals surface area contributed by atoms with Gasteiger partial charge in [-0.05, 0) is 36.2 Å². The number of aryl methyl sites for hydroxylation is 1. The highest BCUT2D eigenvalue weighted by Crippen LogP contribution is 2.16. The Bertz CT molecular complexity index is 1110. The molecule has 5 heteroatoms. The van der Waals surface area contributed by atoms with E-state index in [1.165, 1.54) is 21.5 Å². The standard InChI is InChI=1S/C18H14N2O2S/c1-2-11-7-9-12(10-8-11)20-17(21)15-16(18(20)22)23-14-6-4-3-5-13(14)19-15/h3-10,19H,2H2,1H3. The van der Waals surface area contributed by atoms with Crippen LogP contribution >= 0.6 is 11.3 Å². The number of nitrogens with one attached hydrogen (secondary N) is 1. The monoisotopic (exact) mass is 322 g/mol. The Morgan fingerprint density at radius 3 is 2.48 bits per heavy atom. The third kappa shape index (κ3) is 2.12. The lowest BCUT2D eigenvalue weighted by molar-refractivity contribution is 0.963. The molecule has 0 fully saturated rings. The molecular weight excluding hydrogens is 308 g/mol. The van der Waals surface area contributed by atoms with E-state index in [2.05, 4.69) is 11.9 Å². The topological polar surface area (TPSA) is 54.9 Å². The van der Waals surface area contributed by atoms with Gasteiger partial charge in [-0.15, -0.1) is 11.3 Å². The van der Waals surface area contributed by atoms with Gasteiger partial charge in [0.2, 0.25) is 0 Å². The van der Waals surface area contributed by atoms with Gasteiger partial charge in [0.25, 0.3) is 11.1 Å². The summed E-state index contributed by atoms with van der Waals surface area (Å²) in [6.07, 6.45) is 0.920. The molecule has 0 atom stereocenters. The zero-order valence-corrected chi connectivity index (χ0v) is 13.3. The van der Waals surface area contributed by atoms with Gasteiger partial charge in [-0.2, -0.15) is 0 Å². The number of nitrogens with zero attached hydrogens (tertiary/aromatic N) is 1. The Labute approximate surface area is 135 Å². The van der Waals surface area contributed by atoms with Crippen LogP contribution < -0.4 is 11.1 Å². The van der Waals surface area contributed by atoms with Crippen LogP contribution in [0.15, 0.2) is 58.1 Å². The first-order valence-electron chi connectivity index (χ1n) is 7.45. The van der Waals surface area contributed by atoms with Crippen molar-refractivity contribution in [1.29, 1.82) is 0 Å². The molecule has 2 aliphatic rings. The van der Waals surface area contributed by atoms with E-state index in [1.54, 1.807) is 0 Å². The maximum atomic E-state index is 12.7. The molecule has 2 aromatic rings. The van der Waals surface area contributed by atoms with Crippen molar-refractivity contribution < 1.29 is 0 Å². The zero-order valence-electron chi connectivity index (χ0n) is 12.5. The van der Waals surface area contributed by atoms with Crippen LogP contribution in [0.2, 0.25) is 0 Å². The predicted molar refractivity (Wildman–Crippen MR) is 92.7 cm³/mol. The van der Waals surface area contributed by atoms with Crippen LogP contribution in [-0.4, -0.2) is 9.55 Å². The molecule has 0 unspecified atom stereocenters. The van der Waals surface area contributed by atoms with Gasteiger partial charge >= 0.3 is 0 Å². The largest absolute Gasteiger partial charge is 0.349 e. The molecule has 0 aliphatic carbocycles. The van der Waals surface area contributed by atoms with Crippen molar-refractivity contribution in [1.82, 2.24) is 9.55 Å². The van der Waals surface area contributed by atoms with Crippen LogP contribution in [0.5, 0.6) is 0 Å². The maximum Gasteiger partial charge on any atom is 0.283 e. The molecular formula is C18H14N2O2S. The Kier molecular flexibility index (Phi) is 3.16. The van der Waals surface area contributed by atoms with E-state index >= 15 is 0 Å². The summed E-state index contributed by atoms with van der Waals surface area (Å²) in [4.78, 5) is 28.5. The fraction of sp³-hybridized carbons (Fsp3) is 0.111. The van der Waals surface area contributed by atoms with Crippen LogP contribution in [0.1, 0.15) is 12.5 Å². The average molecular weight is 322 g/mol. The molecule has 23 heavy (non-hydrogen) atoms.